The molecule has 0 fully saturated rings. The van der Waals surface area contributed by atoms with Crippen molar-refractivity contribution in [1.82, 2.24) is 0 Å². The first kappa shape index (κ1) is 22.8. The molecule has 0 saturated carbocycles. The largest absolute Gasteiger partial charge is 2.00 e. The van der Waals surface area contributed by atoms with E-state index < -0.39 is 0 Å². The second-order valence-electron chi connectivity index (χ2n) is 2.06. The minimum Gasteiger partial charge on any atom is -1.00 e. The van der Waals surface area contributed by atoms with Crippen LogP contribution in [0.5, 0.6) is 0 Å². The maximum absolute atomic E-state index is 2.25. The van der Waals surface area contributed by atoms with Crippen molar-refractivity contribution in [3.8, 4) is 0 Å². The summed E-state index contributed by atoms with van der Waals surface area (Å²) in [6.45, 7) is 4.49. The van der Waals surface area contributed by atoms with Crippen molar-refractivity contribution in [2.45, 2.75) is 46.0 Å². The Labute approximate surface area is 115 Å². The molecule has 0 N–H and O–H groups in total. The Kier molecular flexibility index (Phi) is 51.2. The van der Waals surface area contributed by atoms with Gasteiger partial charge in [-0.05, 0) is 0 Å². The Morgan fingerprint density at radius 2 is 1.00 bits per heavy atom. The molecular formula is C7H16I2Mg. The number of unbranched alkanes of at least 4 members (excludes halogenated alkanes) is 4. The van der Waals surface area contributed by atoms with E-state index in [1.165, 1.54) is 32.1 Å². The van der Waals surface area contributed by atoms with Crippen LogP contribution in [0.25, 0.3) is 0 Å². The third-order valence-electron chi connectivity index (χ3n) is 1.21. The van der Waals surface area contributed by atoms with Crippen LogP contribution < -0.4 is 48.0 Å². The summed E-state index contributed by atoms with van der Waals surface area (Å²) in [5.41, 5.74) is 0. The fraction of sp³-hybridized carbons (Fsp3) is 1.00. The second-order valence-corrected chi connectivity index (χ2v) is 2.06. The van der Waals surface area contributed by atoms with Crippen LogP contribution in [0.1, 0.15) is 46.0 Å². The second kappa shape index (κ2) is 22.5. The van der Waals surface area contributed by atoms with E-state index in [9.17, 15) is 0 Å². The molecule has 0 rings (SSSR count). The number of halogens is 2. The SMILES string of the molecule is CCCCCCC.[I-].[I-].[Mg+2]. The zero-order valence-corrected chi connectivity index (χ0v) is 12.7. The standard InChI is InChI=1S/C7H16.2HI.Mg/c1-3-5-7-6-4-2;;;/h3-7H2,1-2H3;2*1H;/q;;;+2/p-2. The molecule has 3 heteroatoms. The molecule has 0 unspecified atom stereocenters. The van der Waals surface area contributed by atoms with Gasteiger partial charge < -0.3 is 48.0 Å². The Morgan fingerprint density at radius 1 is 0.700 bits per heavy atom. The first-order valence-electron chi connectivity index (χ1n) is 3.41. The van der Waals surface area contributed by atoms with Gasteiger partial charge in [0.15, 0.2) is 0 Å². The van der Waals surface area contributed by atoms with Gasteiger partial charge in [-0.15, -0.1) is 0 Å². The van der Waals surface area contributed by atoms with E-state index in [4.69, 9.17) is 0 Å². The summed E-state index contributed by atoms with van der Waals surface area (Å²) in [4.78, 5) is 0. The maximum atomic E-state index is 2.25. The summed E-state index contributed by atoms with van der Waals surface area (Å²) in [6, 6.07) is 0. The third kappa shape index (κ3) is 22.5. The molecular weight excluding hydrogens is 362 g/mol. The third-order valence-corrected chi connectivity index (χ3v) is 1.21. The van der Waals surface area contributed by atoms with Crippen LogP contribution in [0.15, 0.2) is 0 Å². The minimum absolute atomic E-state index is 0. The molecule has 0 bridgehead atoms. The Morgan fingerprint density at radius 3 is 1.20 bits per heavy atom. The van der Waals surface area contributed by atoms with Gasteiger partial charge >= 0.3 is 23.1 Å². The molecule has 0 aliphatic rings. The first-order valence-corrected chi connectivity index (χ1v) is 3.41. The Hall–Kier alpha value is 2.23. The number of hydrogen-bond donors (Lipinski definition) is 0. The summed E-state index contributed by atoms with van der Waals surface area (Å²) in [7, 11) is 0. The molecule has 0 atom stereocenters. The van der Waals surface area contributed by atoms with Gasteiger partial charge in [0.2, 0.25) is 0 Å². The molecule has 0 radical (unpaired) electrons. The van der Waals surface area contributed by atoms with Crippen LogP contribution in [0.4, 0.5) is 0 Å². The molecule has 0 aliphatic carbocycles. The molecule has 0 saturated heterocycles. The van der Waals surface area contributed by atoms with E-state index in [0.717, 1.165) is 0 Å². The zero-order valence-electron chi connectivity index (χ0n) is 7.00. The molecule has 0 heterocycles. The summed E-state index contributed by atoms with van der Waals surface area (Å²) < 4.78 is 0. The molecule has 0 spiro atoms. The predicted octanol–water partition coefficient (Wildman–Crippen LogP) is -3.40. The van der Waals surface area contributed by atoms with Crippen LogP contribution in [0.2, 0.25) is 0 Å². The molecule has 10 heavy (non-hydrogen) atoms. The Bertz CT molecular complexity index is 30.8. The average molecular weight is 378 g/mol. The van der Waals surface area contributed by atoms with Crippen molar-refractivity contribution < 1.29 is 48.0 Å². The molecule has 0 aliphatic heterocycles. The quantitative estimate of drug-likeness (QED) is 0.272. The van der Waals surface area contributed by atoms with Gasteiger partial charge in [0.25, 0.3) is 0 Å². The zero-order chi connectivity index (χ0) is 5.54. The van der Waals surface area contributed by atoms with E-state index in [2.05, 4.69) is 13.8 Å². The smallest absolute Gasteiger partial charge is 1.00 e. The van der Waals surface area contributed by atoms with Crippen LogP contribution in [0, 0.1) is 0 Å². The fourth-order valence-electron chi connectivity index (χ4n) is 0.677. The summed E-state index contributed by atoms with van der Waals surface area (Å²) in [5.74, 6) is 0. The van der Waals surface area contributed by atoms with E-state index in [1.807, 2.05) is 0 Å². The van der Waals surface area contributed by atoms with Gasteiger partial charge in [-0.3, -0.25) is 0 Å². The van der Waals surface area contributed by atoms with Crippen molar-refractivity contribution in [3.05, 3.63) is 0 Å². The number of hydrogen-bond acceptors (Lipinski definition) is 0. The van der Waals surface area contributed by atoms with Crippen LogP contribution in [-0.2, 0) is 0 Å². The maximum Gasteiger partial charge on any atom is 2.00 e. The van der Waals surface area contributed by atoms with E-state index in [1.54, 1.807) is 0 Å². The molecule has 0 nitrogen and oxygen atoms in total. The van der Waals surface area contributed by atoms with E-state index >= 15 is 0 Å². The van der Waals surface area contributed by atoms with Gasteiger partial charge in [0, 0.05) is 0 Å². The molecule has 60 valence electrons. The monoisotopic (exact) mass is 378 g/mol. The average Bonchev–Trinajstić information content (AvgIpc) is 1.69. The molecule has 0 aromatic rings. The van der Waals surface area contributed by atoms with Crippen LogP contribution in [-0.4, -0.2) is 23.1 Å². The topological polar surface area (TPSA) is 0 Å². The first-order chi connectivity index (χ1) is 3.41. The normalized spacial score (nSPS) is 6.60. The van der Waals surface area contributed by atoms with Gasteiger partial charge in [-0.2, -0.15) is 0 Å². The number of rotatable bonds is 4. The summed E-state index contributed by atoms with van der Waals surface area (Å²) in [5, 5.41) is 0. The summed E-state index contributed by atoms with van der Waals surface area (Å²) >= 11 is 0. The van der Waals surface area contributed by atoms with Gasteiger partial charge in [-0.25, -0.2) is 0 Å². The van der Waals surface area contributed by atoms with E-state index in [-0.39, 0.29) is 71.0 Å². The van der Waals surface area contributed by atoms with Crippen molar-refractivity contribution in [1.29, 1.82) is 0 Å². The minimum atomic E-state index is 0. The van der Waals surface area contributed by atoms with Crippen molar-refractivity contribution >= 4 is 23.1 Å². The Balaban J connectivity index is -0.0000000600. The van der Waals surface area contributed by atoms with Crippen LogP contribution >= 0.6 is 0 Å². The van der Waals surface area contributed by atoms with Crippen LogP contribution in [0.3, 0.4) is 0 Å². The fourth-order valence-corrected chi connectivity index (χ4v) is 0.677. The van der Waals surface area contributed by atoms with Crippen molar-refractivity contribution in [3.63, 3.8) is 0 Å². The summed E-state index contributed by atoms with van der Waals surface area (Å²) in [6.07, 6.45) is 7.01. The van der Waals surface area contributed by atoms with Gasteiger partial charge in [0.05, 0.1) is 0 Å². The molecule has 0 aromatic heterocycles. The predicted molar refractivity (Wildman–Crippen MR) is 40.2 cm³/mol. The van der Waals surface area contributed by atoms with Gasteiger partial charge in [-0.1, -0.05) is 46.0 Å². The van der Waals surface area contributed by atoms with Crippen molar-refractivity contribution in [2.24, 2.45) is 0 Å². The van der Waals surface area contributed by atoms with E-state index in [0.29, 0.717) is 0 Å². The molecule has 0 amide bonds. The van der Waals surface area contributed by atoms with Crippen molar-refractivity contribution in [2.75, 3.05) is 0 Å². The van der Waals surface area contributed by atoms with Gasteiger partial charge in [0.1, 0.15) is 0 Å². The molecule has 0 aromatic carbocycles.